The monoisotopic (exact) mass is 382 g/mol. The summed E-state index contributed by atoms with van der Waals surface area (Å²) in [6.07, 6.45) is 0. The number of anilines is 1. The van der Waals surface area contributed by atoms with Crippen LogP contribution in [-0.4, -0.2) is 13.3 Å². The van der Waals surface area contributed by atoms with Gasteiger partial charge in [0.1, 0.15) is 5.02 Å². The zero-order valence-electron chi connectivity index (χ0n) is 14.6. The molecule has 0 spiro atoms. The molecule has 0 amide bonds. The summed E-state index contributed by atoms with van der Waals surface area (Å²) in [5, 5.41) is 10.9. The fraction of sp³-hybridized carbons (Fsp3) is 0.294. The molecule has 2 aromatic rings. The SMILES string of the molecule is Cc1c(C)c(C)c(S(=O)(=O)Nc2ccc(Cl)c([N+](=O)[O-])c2)c(C)c1C. The fourth-order valence-corrected chi connectivity index (χ4v) is 4.63. The maximum atomic E-state index is 12.9. The highest BCUT2D eigenvalue weighted by atomic mass is 35.5. The Labute approximate surface area is 152 Å². The lowest BCUT2D eigenvalue weighted by Gasteiger charge is -2.19. The van der Waals surface area contributed by atoms with E-state index in [4.69, 9.17) is 11.6 Å². The average Bonchev–Trinajstić information content (AvgIpc) is 2.52. The Morgan fingerprint density at radius 1 is 0.960 bits per heavy atom. The van der Waals surface area contributed by atoms with Crippen LogP contribution in [0.2, 0.25) is 5.02 Å². The van der Waals surface area contributed by atoms with Crippen LogP contribution in [0.4, 0.5) is 11.4 Å². The zero-order valence-corrected chi connectivity index (χ0v) is 16.2. The number of sulfonamides is 1. The number of nitro groups is 1. The number of nitrogens with one attached hydrogen (secondary N) is 1. The van der Waals surface area contributed by atoms with E-state index in [9.17, 15) is 18.5 Å². The zero-order chi connectivity index (χ0) is 19.1. The molecule has 0 aromatic heterocycles. The predicted octanol–water partition coefficient (Wildman–Crippen LogP) is 4.59. The van der Waals surface area contributed by atoms with Crippen molar-refractivity contribution in [2.24, 2.45) is 0 Å². The van der Waals surface area contributed by atoms with Gasteiger partial charge in [0.15, 0.2) is 0 Å². The third kappa shape index (κ3) is 3.48. The third-order valence-electron chi connectivity index (χ3n) is 4.59. The van der Waals surface area contributed by atoms with Gasteiger partial charge in [0.25, 0.3) is 15.7 Å². The van der Waals surface area contributed by atoms with Gasteiger partial charge in [0.05, 0.1) is 15.5 Å². The maximum absolute atomic E-state index is 12.9. The van der Waals surface area contributed by atoms with Gasteiger partial charge in [0, 0.05) is 6.07 Å². The van der Waals surface area contributed by atoms with Gasteiger partial charge < -0.3 is 0 Å². The van der Waals surface area contributed by atoms with Gasteiger partial charge in [-0.25, -0.2) is 8.42 Å². The van der Waals surface area contributed by atoms with Crippen molar-refractivity contribution in [2.45, 2.75) is 39.5 Å². The van der Waals surface area contributed by atoms with E-state index in [1.165, 1.54) is 12.1 Å². The molecule has 0 unspecified atom stereocenters. The Morgan fingerprint density at radius 2 is 1.44 bits per heavy atom. The van der Waals surface area contributed by atoms with Gasteiger partial charge in [-0.15, -0.1) is 0 Å². The average molecular weight is 383 g/mol. The molecule has 2 rings (SSSR count). The number of halogens is 1. The molecule has 25 heavy (non-hydrogen) atoms. The van der Waals surface area contributed by atoms with Crippen molar-refractivity contribution in [2.75, 3.05) is 4.72 Å². The molecule has 0 saturated heterocycles. The summed E-state index contributed by atoms with van der Waals surface area (Å²) in [5.74, 6) is 0. The van der Waals surface area contributed by atoms with Gasteiger partial charge >= 0.3 is 0 Å². The van der Waals surface area contributed by atoms with Crippen LogP contribution in [0.25, 0.3) is 0 Å². The van der Waals surface area contributed by atoms with Gasteiger partial charge in [-0.1, -0.05) is 11.6 Å². The Hall–Kier alpha value is -2.12. The van der Waals surface area contributed by atoms with Crippen molar-refractivity contribution in [3.8, 4) is 0 Å². The second-order valence-corrected chi connectivity index (χ2v) is 8.01. The molecule has 0 saturated carbocycles. The van der Waals surface area contributed by atoms with Crippen LogP contribution in [0.15, 0.2) is 23.1 Å². The molecule has 0 atom stereocenters. The highest BCUT2D eigenvalue weighted by Gasteiger charge is 2.24. The molecule has 0 bridgehead atoms. The number of benzene rings is 2. The summed E-state index contributed by atoms with van der Waals surface area (Å²) in [6.45, 7) is 9.23. The Balaban J connectivity index is 2.59. The Kier molecular flexibility index (Phi) is 5.11. The molecule has 8 heteroatoms. The minimum Gasteiger partial charge on any atom is -0.279 e. The van der Waals surface area contributed by atoms with E-state index < -0.39 is 14.9 Å². The molecule has 0 fully saturated rings. The topological polar surface area (TPSA) is 89.3 Å². The first-order chi connectivity index (χ1) is 11.5. The quantitative estimate of drug-likeness (QED) is 0.618. The molecule has 134 valence electrons. The molecule has 0 aliphatic heterocycles. The molecule has 0 heterocycles. The molecule has 0 aliphatic rings. The summed E-state index contributed by atoms with van der Waals surface area (Å²) in [6, 6.07) is 3.80. The van der Waals surface area contributed by atoms with Crippen molar-refractivity contribution in [1.29, 1.82) is 0 Å². The smallest absolute Gasteiger partial charge is 0.279 e. The number of nitro benzene ring substituents is 1. The standard InChI is InChI=1S/C17H19ClN2O4S/c1-9-10(2)12(4)17(13(5)11(9)3)25(23,24)19-14-6-7-15(18)16(8-14)20(21)22/h6-8,19H,1-5H3. The molecule has 1 N–H and O–H groups in total. The number of hydrogen-bond acceptors (Lipinski definition) is 4. The first-order valence-electron chi connectivity index (χ1n) is 7.51. The van der Waals surface area contributed by atoms with E-state index in [1.807, 2.05) is 20.8 Å². The molecule has 6 nitrogen and oxygen atoms in total. The van der Waals surface area contributed by atoms with E-state index in [2.05, 4.69) is 4.72 Å². The van der Waals surface area contributed by atoms with Crippen LogP contribution in [0.5, 0.6) is 0 Å². The molecule has 0 radical (unpaired) electrons. The highest BCUT2D eigenvalue weighted by molar-refractivity contribution is 7.92. The van der Waals surface area contributed by atoms with Gasteiger partial charge in [-0.2, -0.15) is 0 Å². The van der Waals surface area contributed by atoms with Gasteiger partial charge in [0.2, 0.25) is 0 Å². The van der Waals surface area contributed by atoms with Crippen molar-refractivity contribution >= 4 is 33.0 Å². The second kappa shape index (κ2) is 6.65. The summed E-state index contributed by atoms with van der Waals surface area (Å²) in [4.78, 5) is 10.5. The largest absolute Gasteiger partial charge is 0.289 e. The summed E-state index contributed by atoms with van der Waals surface area (Å²) in [7, 11) is -3.91. The Morgan fingerprint density at radius 3 is 1.92 bits per heavy atom. The van der Waals surface area contributed by atoms with Crippen LogP contribution < -0.4 is 4.72 Å². The predicted molar refractivity (Wildman–Crippen MR) is 99.0 cm³/mol. The van der Waals surface area contributed by atoms with Crippen molar-refractivity contribution in [1.82, 2.24) is 0 Å². The van der Waals surface area contributed by atoms with Crippen LogP contribution in [0.3, 0.4) is 0 Å². The van der Waals surface area contributed by atoms with Crippen LogP contribution in [0, 0.1) is 44.7 Å². The van der Waals surface area contributed by atoms with Gasteiger partial charge in [-0.05, 0) is 74.6 Å². The Bertz CT molecular complexity index is 956. The lowest BCUT2D eigenvalue weighted by molar-refractivity contribution is -0.384. The fourth-order valence-electron chi connectivity index (χ4n) is 2.79. The normalized spacial score (nSPS) is 11.4. The maximum Gasteiger partial charge on any atom is 0.289 e. The van der Waals surface area contributed by atoms with Crippen molar-refractivity contribution in [3.05, 3.63) is 61.2 Å². The lowest BCUT2D eigenvalue weighted by atomic mass is 9.95. The molecule has 0 aliphatic carbocycles. The minimum absolute atomic E-state index is 0.0534. The first kappa shape index (κ1) is 19.2. The number of hydrogen-bond donors (Lipinski definition) is 1. The summed E-state index contributed by atoms with van der Waals surface area (Å²) < 4.78 is 28.2. The molecule has 2 aromatic carbocycles. The second-order valence-electron chi connectivity index (χ2n) is 5.98. The number of nitrogens with zero attached hydrogens (tertiary/aromatic N) is 1. The van der Waals surface area contributed by atoms with E-state index in [1.54, 1.807) is 13.8 Å². The summed E-state index contributed by atoms with van der Waals surface area (Å²) >= 11 is 5.77. The minimum atomic E-state index is -3.91. The lowest BCUT2D eigenvalue weighted by Crippen LogP contribution is -2.17. The van der Waals surface area contributed by atoms with E-state index >= 15 is 0 Å². The summed E-state index contributed by atoms with van der Waals surface area (Å²) in [5.41, 5.74) is 3.93. The van der Waals surface area contributed by atoms with Crippen LogP contribution >= 0.6 is 11.6 Å². The van der Waals surface area contributed by atoms with Crippen LogP contribution in [-0.2, 0) is 10.0 Å². The first-order valence-corrected chi connectivity index (χ1v) is 9.37. The van der Waals surface area contributed by atoms with Crippen molar-refractivity contribution in [3.63, 3.8) is 0 Å². The van der Waals surface area contributed by atoms with Crippen LogP contribution in [0.1, 0.15) is 27.8 Å². The van der Waals surface area contributed by atoms with E-state index in [0.29, 0.717) is 11.1 Å². The van der Waals surface area contributed by atoms with E-state index in [0.717, 1.165) is 22.8 Å². The van der Waals surface area contributed by atoms with Crippen molar-refractivity contribution < 1.29 is 13.3 Å². The van der Waals surface area contributed by atoms with Gasteiger partial charge in [-0.3, -0.25) is 14.8 Å². The molecular weight excluding hydrogens is 364 g/mol. The third-order valence-corrected chi connectivity index (χ3v) is 6.57. The highest BCUT2D eigenvalue weighted by Crippen LogP contribution is 2.32. The number of rotatable bonds is 4. The van der Waals surface area contributed by atoms with E-state index in [-0.39, 0.29) is 21.3 Å². The molecular formula is C17H19ClN2O4S.